The predicted molar refractivity (Wildman–Crippen MR) is 111 cm³/mol. The maximum atomic E-state index is 5.75. The molecule has 28 heavy (non-hydrogen) atoms. The summed E-state index contributed by atoms with van der Waals surface area (Å²) in [7, 11) is 2.05. The van der Waals surface area contributed by atoms with E-state index < -0.39 is 0 Å². The number of pyridine rings is 1. The standard InChI is InChI=1S/C21H21N5OS/c1-24(14-12-17-8-5-6-13-22-17)16-25-21(28)26(18-9-3-2-4-10-18)20(23-25)19-11-7-15-27-19/h2-11,13,15H,12,14,16H2,1H3. The highest BCUT2D eigenvalue weighted by atomic mass is 32.1. The Morgan fingerprint density at radius 1 is 1.04 bits per heavy atom. The zero-order chi connectivity index (χ0) is 19.3. The Kier molecular flexibility index (Phi) is 5.45. The third-order valence-corrected chi connectivity index (χ3v) is 4.84. The Morgan fingerprint density at radius 2 is 1.86 bits per heavy atom. The lowest BCUT2D eigenvalue weighted by Gasteiger charge is -2.16. The fourth-order valence-corrected chi connectivity index (χ4v) is 3.32. The number of hydrogen-bond acceptors (Lipinski definition) is 5. The van der Waals surface area contributed by atoms with E-state index in [1.54, 1.807) is 6.26 Å². The Bertz CT molecular complexity index is 1070. The smallest absolute Gasteiger partial charge is 0.204 e. The molecule has 0 aliphatic heterocycles. The van der Waals surface area contributed by atoms with Gasteiger partial charge in [-0.1, -0.05) is 24.3 Å². The van der Waals surface area contributed by atoms with Crippen LogP contribution in [-0.2, 0) is 13.1 Å². The molecule has 0 bridgehead atoms. The Labute approximate surface area is 168 Å². The maximum Gasteiger partial charge on any atom is 0.204 e. The summed E-state index contributed by atoms with van der Waals surface area (Å²) in [5.41, 5.74) is 2.03. The van der Waals surface area contributed by atoms with Gasteiger partial charge in [-0.15, -0.1) is 5.10 Å². The topological polar surface area (TPSA) is 52.0 Å². The second-order valence-corrected chi connectivity index (χ2v) is 6.91. The minimum atomic E-state index is 0.583. The molecule has 0 saturated carbocycles. The first-order valence-corrected chi connectivity index (χ1v) is 9.51. The van der Waals surface area contributed by atoms with Crippen molar-refractivity contribution in [1.29, 1.82) is 0 Å². The average Bonchev–Trinajstić information content (AvgIpc) is 3.37. The van der Waals surface area contributed by atoms with Gasteiger partial charge in [-0.05, 0) is 55.7 Å². The summed E-state index contributed by atoms with van der Waals surface area (Å²) in [6.07, 6.45) is 4.34. The summed E-state index contributed by atoms with van der Waals surface area (Å²) in [5.74, 6) is 1.38. The van der Waals surface area contributed by atoms with E-state index in [0.717, 1.165) is 24.3 Å². The zero-order valence-corrected chi connectivity index (χ0v) is 16.4. The van der Waals surface area contributed by atoms with Gasteiger partial charge in [0.05, 0.1) is 18.6 Å². The molecule has 0 amide bonds. The number of likely N-dealkylation sites (N-methyl/N-ethyl adjacent to an activating group) is 1. The number of furan rings is 1. The van der Waals surface area contributed by atoms with Crippen molar-refractivity contribution in [1.82, 2.24) is 24.2 Å². The number of nitrogens with zero attached hydrogens (tertiary/aromatic N) is 5. The van der Waals surface area contributed by atoms with Gasteiger partial charge in [-0.25, -0.2) is 4.68 Å². The van der Waals surface area contributed by atoms with Gasteiger partial charge in [0.15, 0.2) is 5.76 Å². The van der Waals surface area contributed by atoms with Crippen LogP contribution in [0.1, 0.15) is 5.69 Å². The van der Waals surface area contributed by atoms with E-state index in [2.05, 4.69) is 16.9 Å². The lowest BCUT2D eigenvalue weighted by molar-refractivity contribution is 0.254. The lowest BCUT2D eigenvalue weighted by atomic mass is 10.2. The van der Waals surface area contributed by atoms with Gasteiger partial charge in [0.1, 0.15) is 0 Å². The molecule has 0 unspecified atom stereocenters. The van der Waals surface area contributed by atoms with E-state index in [0.29, 0.717) is 23.0 Å². The zero-order valence-electron chi connectivity index (χ0n) is 15.6. The molecular weight excluding hydrogens is 370 g/mol. The summed E-state index contributed by atoms with van der Waals surface area (Å²) >= 11 is 5.75. The fraction of sp³-hybridized carbons (Fsp3) is 0.190. The second kappa shape index (κ2) is 8.33. The largest absolute Gasteiger partial charge is 0.461 e. The molecule has 6 nitrogen and oxygen atoms in total. The second-order valence-electron chi connectivity index (χ2n) is 6.55. The lowest BCUT2D eigenvalue weighted by Crippen LogP contribution is -2.25. The van der Waals surface area contributed by atoms with Crippen LogP contribution < -0.4 is 0 Å². The highest BCUT2D eigenvalue weighted by Gasteiger charge is 2.17. The summed E-state index contributed by atoms with van der Waals surface area (Å²) < 4.78 is 10.00. The molecular formula is C21H21N5OS. The summed E-state index contributed by atoms with van der Waals surface area (Å²) in [6.45, 7) is 1.44. The van der Waals surface area contributed by atoms with E-state index in [4.69, 9.17) is 21.7 Å². The summed E-state index contributed by atoms with van der Waals surface area (Å²) in [4.78, 5) is 6.56. The summed E-state index contributed by atoms with van der Waals surface area (Å²) in [5, 5.41) is 4.75. The first-order chi connectivity index (χ1) is 13.7. The number of para-hydroxylation sites is 1. The van der Waals surface area contributed by atoms with Gasteiger partial charge in [0.25, 0.3) is 0 Å². The van der Waals surface area contributed by atoms with Gasteiger partial charge >= 0.3 is 0 Å². The van der Waals surface area contributed by atoms with Crippen molar-refractivity contribution < 1.29 is 4.42 Å². The van der Waals surface area contributed by atoms with Crippen LogP contribution in [0.2, 0.25) is 0 Å². The molecule has 0 saturated heterocycles. The van der Waals surface area contributed by atoms with E-state index >= 15 is 0 Å². The average molecular weight is 392 g/mol. The molecule has 0 fully saturated rings. The molecule has 0 radical (unpaired) electrons. The molecule has 4 aromatic rings. The molecule has 0 atom stereocenters. The van der Waals surface area contributed by atoms with Crippen molar-refractivity contribution in [2.45, 2.75) is 13.1 Å². The first-order valence-electron chi connectivity index (χ1n) is 9.10. The van der Waals surface area contributed by atoms with Crippen molar-refractivity contribution in [2.75, 3.05) is 13.6 Å². The van der Waals surface area contributed by atoms with Gasteiger partial charge in [-0.3, -0.25) is 14.5 Å². The molecule has 0 aliphatic rings. The number of hydrogen-bond donors (Lipinski definition) is 0. The van der Waals surface area contributed by atoms with Gasteiger partial charge < -0.3 is 4.42 Å². The van der Waals surface area contributed by atoms with Crippen LogP contribution in [0.5, 0.6) is 0 Å². The van der Waals surface area contributed by atoms with Crippen LogP contribution in [0.3, 0.4) is 0 Å². The van der Waals surface area contributed by atoms with Crippen LogP contribution in [0.15, 0.2) is 77.5 Å². The Balaban J connectivity index is 1.60. The van der Waals surface area contributed by atoms with Gasteiger partial charge in [0.2, 0.25) is 10.6 Å². The van der Waals surface area contributed by atoms with Crippen LogP contribution in [-0.4, -0.2) is 37.8 Å². The summed E-state index contributed by atoms with van der Waals surface area (Å²) in [6, 6.07) is 19.7. The van der Waals surface area contributed by atoms with Crippen LogP contribution in [0, 0.1) is 4.77 Å². The third-order valence-electron chi connectivity index (χ3n) is 4.45. The SMILES string of the molecule is CN(CCc1ccccn1)Cn1nc(-c2ccco2)n(-c2ccccc2)c1=S. The van der Waals surface area contributed by atoms with E-state index in [9.17, 15) is 0 Å². The predicted octanol–water partition coefficient (Wildman–Crippen LogP) is 4.19. The molecule has 0 spiro atoms. The molecule has 0 N–H and O–H groups in total. The van der Waals surface area contributed by atoms with E-state index in [1.807, 2.05) is 76.1 Å². The van der Waals surface area contributed by atoms with Gasteiger partial charge in [0, 0.05) is 24.9 Å². The number of rotatable bonds is 7. The molecule has 3 heterocycles. The maximum absolute atomic E-state index is 5.75. The van der Waals surface area contributed by atoms with E-state index in [1.165, 1.54) is 0 Å². The number of aromatic nitrogens is 4. The molecule has 1 aromatic carbocycles. The van der Waals surface area contributed by atoms with Crippen LogP contribution in [0.25, 0.3) is 17.3 Å². The van der Waals surface area contributed by atoms with Crippen molar-refractivity contribution in [3.05, 3.63) is 83.6 Å². The monoisotopic (exact) mass is 391 g/mol. The van der Waals surface area contributed by atoms with Crippen molar-refractivity contribution in [2.24, 2.45) is 0 Å². The fourth-order valence-electron chi connectivity index (χ4n) is 3.03. The number of benzene rings is 1. The minimum absolute atomic E-state index is 0.583. The Hall–Kier alpha value is -3.03. The molecule has 0 aliphatic carbocycles. The molecule has 7 heteroatoms. The van der Waals surface area contributed by atoms with Crippen LogP contribution in [0.4, 0.5) is 0 Å². The molecule has 4 rings (SSSR count). The van der Waals surface area contributed by atoms with Crippen molar-refractivity contribution in [3.63, 3.8) is 0 Å². The highest BCUT2D eigenvalue weighted by molar-refractivity contribution is 7.71. The minimum Gasteiger partial charge on any atom is -0.461 e. The quantitative estimate of drug-likeness (QED) is 0.442. The van der Waals surface area contributed by atoms with E-state index in [-0.39, 0.29) is 0 Å². The first kappa shape index (κ1) is 18.3. The van der Waals surface area contributed by atoms with Gasteiger partial charge in [-0.2, -0.15) is 0 Å². The van der Waals surface area contributed by atoms with Crippen molar-refractivity contribution in [3.8, 4) is 17.3 Å². The molecule has 142 valence electrons. The van der Waals surface area contributed by atoms with Crippen molar-refractivity contribution >= 4 is 12.2 Å². The van der Waals surface area contributed by atoms with Crippen LogP contribution >= 0.6 is 12.2 Å². The Morgan fingerprint density at radius 3 is 2.57 bits per heavy atom. The third kappa shape index (κ3) is 3.95. The molecule has 3 aromatic heterocycles. The normalized spacial score (nSPS) is 11.2. The highest BCUT2D eigenvalue weighted by Crippen LogP contribution is 2.23.